The first-order chi connectivity index (χ1) is 9.04. The quantitative estimate of drug-likeness (QED) is 0.897. The van der Waals surface area contributed by atoms with Crippen molar-refractivity contribution < 1.29 is 9.90 Å². The number of nitrogens with zero attached hydrogens (tertiary/aromatic N) is 2. The van der Waals surface area contributed by atoms with Crippen molar-refractivity contribution in [3.63, 3.8) is 0 Å². The highest BCUT2D eigenvalue weighted by molar-refractivity contribution is 5.80. The molecule has 0 spiro atoms. The van der Waals surface area contributed by atoms with E-state index in [2.05, 4.69) is 18.8 Å². The molecule has 0 bridgehead atoms. The van der Waals surface area contributed by atoms with Gasteiger partial charge in [-0.3, -0.25) is 0 Å². The number of carbonyl (C=O) groups is 1. The lowest BCUT2D eigenvalue weighted by atomic mass is 10.1. The lowest BCUT2D eigenvalue weighted by molar-refractivity contribution is -0.140. The fourth-order valence-corrected chi connectivity index (χ4v) is 2.42. The van der Waals surface area contributed by atoms with Crippen LogP contribution in [-0.2, 0) is 11.2 Å². The third kappa shape index (κ3) is 2.62. The van der Waals surface area contributed by atoms with Gasteiger partial charge in [0.05, 0.1) is 11.0 Å². The Bertz CT molecular complexity index is 587. The van der Waals surface area contributed by atoms with Crippen molar-refractivity contribution in [1.29, 1.82) is 0 Å². The highest BCUT2D eigenvalue weighted by atomic mass is 16.4. The lowest BCUT2D eigenvalue weighted by Gasteiger charge is -2.17. The lowest BCUT2D eigenvalue weighted by Crippen LogP contribution is -2.21. The molecule has 2 rings (SSSR count). The number of hydrogen-bond donors (Lipinski definition) is 1. The largest absolute Gasteiger partial charge is 0.480 e. The average Bonchev–Trinajstić information content (AvgIpc) is 2.68. The Kier molecular flexibility index (Phi) is 3.88. The molecule has 1 aromatic carbocycles. The van der Waals surface area contributed by atoms with Gasteiger partial charge in [-0.1, -0.05) is 32.9 Å². The van der Waals surface area contributed by atoms with Crippen LogP contribution in [-0.4, -0.2) is 20.6 Å². The fraction of sp³-hybridized carbons (Fsp3) is 0.467. The molecule has 4 nitrogen and oxygen atoms in total. The van der Waals surface area contributed by atoms with Gasteiger partial charge in [0.1, 0.15) is 11.9 Å². The molecule has 19 heavy (non-hydrogen) atoms. The molecule has 1 heterocycles. The van der Waals surface area contributed by atoms with Crippen molar-refractivity contribution in [2.75, 3.05) is 0 Å². The highest BCUT2D eigenvalue weighted by Gasteiger charge is 2.23. The molecule has 4 heteroatoms. The van der Waals surface area contributed by atoms with Crippen LogP contribution in [0, 0.1) is 5.92 Å². The molecule has 0 aliphatic rings. The Morgan fingerprint density at radius 2 is 2.05 bits per heavy atom. The van der Waals surface area contributed by atoms with Crippen LogP contribution in [0.5, 0.6) is 0 Å². The Hall–Kier alpha value is -1.84. The maximum Gasteiger partial charge on any atom is 0.326 e. The molecule has 1 N–H and O–H groups in total. The minimum absolute atomic E-state index is 0.446. The van der Waals surface area contributed by atoms with E-state index >= 15 is 0 Å². The summed E-state index contributed by atoms with van der Waals surface area (Å²) in [5.74, 6) is 0.517. The van der Waals surface area contributed by atoms with Crippen molar-refractivity contribution in [3.8, 4) is 0 Å². The molecule has 0 amide bonds. The second-order valence-electron chi connectivity index (χ2n) is 5.25. The van der Waals surface area contributed by atoms with E-state index in [1.807, 2.05) is 35.8 Å². The number of carboxylic acid groups (broad SMARTS) is 1. The first kappa shape index (κ1) is 13.6. The number of imidazole rings is 1. The first-order valence-corrected chi connectivity index (χ1v) is 6.73. The van der Waals surface area contributed by atoms with Gasteiger partial charge in [-0.05, 0) is 24.5 Å². The normalized spacial score (nSPS) is 13.1. The summed E-state index contributed by atoms with van der Waals surface area (Å²) in [7, 11) is 0. The number of para-hydroxylation sites is 2. The second kappa shape index (κ2) is 5.43. The van der Waals surface area contributed by atoms with Crippen molar-refractivity contribution in [2.24, 2.45) is 5.92 Å². The molecule has 0 fully saturated rings. The van der Waals surface area contributed by atoms with Crippen LogP contribution >= 0.6 is 0 Å². The fourth-order valence-electron chi connectivity index (χ4n) is 2.42. The van der Waals surface area contributed by atoms with E-state index in [0.29, 0.717) is 12.3 Å². The smallest absolute Gasteiger partial charge is 0.326 e. The van der Waals surface area contributed by atoms with Gasteiger partial charge in [0.15, 0.2) is 0 Å². The van der Waals surface area contributed by atoms with E-state index in [4.69, 9.17) is 0 Å². The molecule has 0 saturated carbocycles. The third-order valence-corrected chi connectivity index (χ3v) is 3.24. The minimum atomic E-state index is -0.796. The van der Waals surface area contributed by atoms with Crippen LogP contribution in [0.4, 0.5) is 0 Å². The molecule has 102 valence electrons. The number of hydrogen-bond acceptors (Lipinski definition) is 2. The van der Waals surface area contributed by atoms with Gasteiger partial charge in [-0.25, -0.2) is 9.78 Å². The number of fused-ring (bicyclic) bond motifs is 1. The van der Waals surface area contributed by atoms with Gasteiger partial charge in [0, 0.05) is 6.42 Å². The summed E-state index contributed by atoms with van der Waals surface area (Å²) in [6, 6.07) is 7.19. The molecule has 1 aromatic heterocycles. The number of aliphatic carboxylic acids is 1. The Morgan fingerprint density at radius 3 is 2.63 bits per heavy atom. The second-order valence-corrected chi connectivity index (χ2v) is 5.25. The summed E-state index contributed by atoms with van der Waals surface area (Å²) < 4.78 is 1.89. The number of benzene rings is 1. The monoisotopic (exact) mass is 260 g/mol. The zero-order chi connectivity index (χ0) is 14.0. The highest BCUT2D eigenvalue weighted by Crippen LogP contribution is 2.25. The van der Waals surface area contributed by atoms with Crippen LogP contribution < -0.4 is 0 Å². The topological polar surface area (TPSA) is 55.1 Å². The van der Waals surface area contributed by atoms with E-state index in [1.54, 1.807) is 0 Å². The molecule has 2 aromatic rings. The predicted molar refractivity (Wildman–Crippen MR) is 75.2 cm³/mol. The first-order valence-electron chi connectivity index (χ1n) is 6.73. The molecule has 0 aliphatic carbocycles. The zero-order valence-corrected chi connectivity index (χ0v) is 11.6. The van der Waals surface area contributed by atoms with Crippen molar-refractivity contribution >= 4 is 17.0 Å². The SMILES string of the molecule is CC[C@H](C(=O)O)n1c(CC(C)C)nc2ccccc21. The van der Waals surface area contributed by atoms with E-state index in [1.165, 1.54) is 0 Å². The predicted octanol–water partition coefficient (Wildman–Crippen LogP) is 3.27. The van der Waals surface area contributed by atoms with Crippen molar-refractivity contribution in [2.45, 2.75) is 39.7 Å². The summed E-state index contributed by atoms with van der Waals surface area (Å²) in [6.07, 6.45) is 1.35. The van der Waals surface area contributed by atoms with Crippen LogP contribution in [0.25, 0.3) is 11.0 Å². The Balaban J connectivity index is 2.62. The summed E-state index contributed by atoms with van der Waals surface area (Å²) in [5, 5.41) is 9.41. The average molecular weight is 260 g/mol. The van der Waals surface area contributed by atoms with Crippen LogP contribution in [0.1, 0.15) is 39.1 Å². The molecule has 0 radical (unpaired) electrons. The molecular weight excluding hydrogens is 240 g/mol. The summed E-state index contributed by atoms with van der Waals surface area (Å²) in [4.78, 5) is 16.1. The maximum atomic E-state index is 11.5. The minimum Gasteiger partial charge on any atom is -0.480 e. The number of rotatable bonds is 5. The van der Waals surface area contributed by atoms with E-state index < -0.39 is 12.0 Å². The number of carboxylic acids is 1. The molecular formula is C15H20N2O2. The van der Waals surface area contributed by atoms with Crippen molar-refractivity contribution in [3.05, 3.63) is 30.1 Å². The summed E-state index contributed by atoms with van der Waals surface area (Å²) in [6.45, 7) is 6.13. The van der Waals surface area contributed by atoms with Crippen LogP contribution in [0.2, 0.25) is 0 Å². The standard InChI is InChI=1S/C15H20N2O2/c1-4-12(15(18)19)17-13-8-6-5-7-11(13)16-14(17)9-10(2)3/h5-8,10,12H,4,9H2,1-3H3,(H,18,19)/t12-/m1/s1. The molecule has 0 saturated heterocycles. The maximum absolute atomic E-state index is 11.5. The molecule has 0 unspecified atom stereocenters. The van der Waals surface area contributed by atoms with Gasteiger partial charge in [-0.15, -0.1) is 0 Å². The van der Waals surface area contributed by atoms with Gasteiger partial charge in [-0.2, -0.15) is 0 Å². The van der Waals surface area contributed by atoms with Gasteiger partial charge in [0.2, 0.25) is 0 Å². The number of aromatic nitrogens is 2. The Labute approximate surface area is 113 Å². The summed E-state index contributed by atoms with van der Waals surface area (Å²) in [5.41, 5.74) is 1.78. The van der Waals surface area contributed by atoms with E-state index in [-0.39, 0.29) is 0 Å². The molecule has 1 atom stereocenters. The Morgan fingerprint density at radius 1 is 1.37 bits per heavy atom. The van der Waals surface area contributed by atoms with Gasteiger partial charge < -0.3 is 9.67 Å². The van der Waals surface area contributed by atoms with Gasteiger partial charge >= 0.3 is 5.97 Å². The van der Waals surface area contributed by atoms with Gasteiger partial charge in [0.25, 0.3) is 0 Å². The van der Waals surface area contributed by atoms with Crippen LogP contribution in [0.15, 0.2) is 24.3 Å². The van der Waals surface area contributed by atoms with Crippen LogP contribution in [0.3, 0.4) is 0 Å². The zero-order valence-electron chi connectivity index (χ0n) is 11.6. The third-order valence-electron chi connectivity index (χ3n) is 3.24. The van der Waals surface area contributed by atoms with E-state index in [9.17, 15) is 9.90 Å². The molecule has 0 aliphatic heterocycles. The summed E-state index contributed by atoms with van der Waals surface area (Å²) >= 11 is 0. The van der Waals surface area contributed by atoms with Crippen molar-refractivity contribution in [1.82, 2.24) is 9.55 Å². The van der Waals surface area contributed by atoms with E-state index in [0.717, 1.165) is 23.3 Å².